The van der Waals surface area contributed by atoms with Gasteiger partial charge in [0.1, 0.15) is 6.33 Å². The van der Waals surface area contributed by atoms with E-state index in [1.54, 1.807) is 6.33 Å². The third kappa shape index (κ3) is 2.70. The van der Waals surface area contributed by atoms with Crippen molar-refractivity contribution in [2.24, 2.45) is 0 Å². The molecule has 4 heteroatoms. The lowest BCUT2D eigenvalue weighted by atomic mass is 10.00. The van der Waals surface area contributed by atoms with Crippen LogP contribution in [0.1, 0.15) is 22.7 Å². The van der Waals surface area contributed by atoms with Crippen LogP contribution in [0.25, 0.3) is 0 Å². The van der Waals surface area contributed by atoms with Gasteiger partial charge in [0.25, 0.3) is 0 Å². The monoisotopic (exact) mass is 291 g/mol. The molecule has 3 nitrogen and oxygen atoms in total. The molecule has 17 heavy (non-hydrogen) atoms. The molecule has 1 heterocycles. The van der Waals surface area contributed by atoms with Gasteiger partial charge in [0.2, 0.25) is 0 Å². The van der Waals surface area contributed by atoms with Crippen molar-refractivity contribution in [3.05, 3.63) is 58.1 Å². The summed E-state index contributed by atoms with van der Waals surface area (Å²) in [6.45, 7) is 2.09. The highest BCUT2D eigenvalue weighted by atomic mass is 79.9. The first-order valence-corrected chi connectivity index (χ1v) is 6.20. The topological polar surface area (TPSA) is 37.8 Å². The number of hydrogen-bond acceptors (Lipinski definition) is 3. The second-order valence-corrected chi connectivity index (χ2v) is 4.76. The number of aromatic nitrogens is 2. The van der Waals surface area contributed by atoms with Crippen molar-refractivity contribution in [2.45, 2.75) is 13.0 Å². The Kier molecular flexibility index (Phi) is 3.86. The summed E-state index contributed by atoms with van der Waals surface area (Å²) >= 11 is 3.51. The maximum Gasteiger partial charge on any atom is 0.115 e. The molecule has 0 radical (unpaired) electrons. The van der Waals surface area contributed by atoms with E-state index in [0.29, 0.717) is 0 Å². The predicted octanol–water partition coefficient (Wildman–Crippen LogP) is 2.86. The first-order valence-electron chi connectivity index (χ1n) is 5.40. The van der Waals surface area contributed by atoms with Crippen molar-refractivity contribution in [3.8, 4) is 0 Å². The quantitative estimate of drug-likeness (QED) is 0.945. The summed E-state index contributed by atoms with van der Waals surface area (Å²) in [5, 5.41) is 3.29. The lowest BCUT2D eigenvalue weighted by molar-refractivity contribution is 0.684. The van der Waals surface area contributed by atoms with E-state index < -0.39 is 0 Å². The SMILES string of the molecule is CNC(c1cncnc1)c1ccc(Br)c(C)c1. The standard InChI is InChI=1S/C13H14BrN3/c1-9-5-10(3-4-12(9)14)13(15-2)11-6-16-8-17-7-11/h3-8,13,15H,1-2H3. The molecule has 0 spiro atoms. The molecule has 1 aromatic heterocycles. The number of nitrogens with zero attached hydrogens (tertiary/aromatic N) is 2. The zero-order chi connectivity index (χ0) is 12.3. The van der Waals surface area contributed by atoms with Crippen LogP contribution in [0.2, 0.25) is 0 Å². The normalized spacial score (nSPS) is 12.4. The molecule has 2 aromatic rings. The Labute approximate surface area is 109 Å². The Morgan fingerprint density at radius 2 is 1.88 bits per heavy atom. The van der Waals surface area contributed by atoms with E-state index in [4.69, 9.17) is 0 Å². The number of halogens is 1. The molecule has 2 rings (SSSR count). The number of benzene rings is 1. The Morgan fingerprint density at radius 3 is 2.47 bits per heavy atom. The third-order valence-corrected chi connectivity index (χ3v) is 3.61. The van der Waals surface area contributed by atoms with Crippen LogP contribution in [0.5, 0.6) is 0 Å². The second-order valence-electron chi connectivity index (χ2n) is 3.90. The van der Waals surface area contributed by atoms with Crippen molar-refractivity contribution in [1.29, 1.82) is 0 Å². The molecular weight excluding hydrogens is 278 g/mol. The molecule has 0 saturated carbocycles. The minimum absolute atomic E-state index is 0.128. The molecule has 88 valence electrons. The fourth-order valence-electron chi connectivity index (χ4n) is 1.83. The smallest absolute Gasteiger partial charge is 0.115 e. The highest BCUT2D eigenvalue weighted by molar-refractivity contribution is 9.10. The third-order valence-electron chi connectivity index (χ3n) is 2.72. The molecule has 0 aliphatic heterocycles. The Morgan fingerprint density at radius 1 is 1.18 bits per heavy atom. The molecule has 1 N–H and O–H groups in total. The van der Waals surface area contributed by atoms with Crippen molar-refractivity contribution in [3.63, 3.8) is 0 Å². The molecule has 0 amide bonds. The van der Waals surface area contributed by atoms with E-state index in [1.807, 2.05) is 19.4 Å². The van der Waals surface area contributed by atoms with Gasteiger partial charge in [-0.15, -0.1) is 0 Å². The van der Waals surface area contributed by atoms with Crippen molar-refractivity contribution >= 4 is 15.9 Å². The Bertz CT molecular complexity index is 499. The highest BCUT2D eigenvalue weighted by Crippen LogP contribution is 2.24. The van der Waals surface area contributed by atoms with Gasteiger partial charge in [0, 0.05) is 22.4 Å². The van der Waals surface area contributed by atoms with Crippen molar-refractivity contribution < 1.29 is 0 Å². The van der Waals surface area contributed by atoms with Crippen LogP contribution < -0.4 is 5.32 Å². The molecule has 0 aliphatic carbocycles. The molecule has 0 bridgehead atoms. The maximum atomic E-state index is 4.06. The van der Waals surface area contributed by atoms with Gasteiger partial charge >= 0.3 is 0 Å². The summed E-state index contributed by atoms with van der Waals surface area (Å²) in [5.41, 5.74) is 3.50. The summed E-state index contributed by atoms with van der Waals surface area (Å²) in [5.74, 6) is 0. The van der Waals surface area contributed by atoms with E-state index in [2.05, 4.69) is 56.3 Å². The van der Waals surface area contributed by atoms with Crippen LogP contribution in [0.4, 0.5) is 0 Å². The van der Waals surface area contributed by atoms with E-state index >= 15 is 0 Å². The van der Waals surface area contributed by atoms with Gasteiger partial charge in [-0.2, -0.15) is 0 Å². The van der Waals surface area contributed by atoms with Crippen molar-refractivity contribution in [1.82, 2.24) is 15.3 Å². The minimum atomic E-state index is 0.128. The minimum Gasteiger partial charge on any atom is -0.309 e. The maximum absolute atomic E-state index is 4.06. The van der Waals surface area contributed by atoms with Crippen molar-refractivity contribution in [2.75, 3.05) is 7.05 Å². The molecular formula is C13H14BrN3. The first kappa shape index (κ1) is 12.2. The lowest BCUT2D eigenvalue weighted by Gasteiger charge is -2.17. The summed E-state index contributed by atoms with van der Waals surface area (Å²) in [7, 11) is 1.94. The Hall–Kier alpha value is -1.26. The van der Waals surface area contributed by atoms with Crippen LogP contribution in [-0.2, 0) is 0 Å². The number of rotatable bonds is 3. The van der Waals surface area contributed by atoms with Crippen LogP contribution in [0.15, 0.2) is 41.4 Å². The van der Waals surface area contributed by atoms with Gasteiger partial charge in [0.05, 0.1) is 6.04 Å². The van der Waals surface area contributed by atoms with Gasteiger partial charge in [0.15, 0.2) is 0 Å². The van der Waals surface area contributed by atoms with Gasteiger partial charge < -0.3 is 5.32 Å². The van der Waals surface area contributed by atoms with Gasteiger partial charge in [-0.1, -0.05) is 28.1 Å². The average molecular weight is 292 g/mol. The zero-order valence-electron chi connectivity index (χ0n) is 9.81. The largest absolute Gasteiger partial charge is 0.309 e. The highest BCUT2D eigenvalue weighted by Gasteiger charge is 2.12. The summed E-state index contributed by atoms with van der Waals surface area (Å²) < 4.78 is 1.13. The molecule has 1 aromatic carbocycles. The zero-order valence-corrected chi connectivity index (χ0v) is 11.4. The predicted molar refractivity (Wildman–Crippen MR) is 71.8 cm³/mol. The van der Waals surface area contributed by atoms with E-state index in [9.17, 15) is 0 Å². The van der Waals surface area contributed by atoms with E-state index in [0.717, 1.165) is 10.0 Å². The number of hydrogen-bond donors (Lipinski definition) is 1. The summed E-state index contributed by atoms with van der Waals surface area (Å²) in [6.07, 6.45) is 5.22. The van der Waals surface area contributed by atoms with Crippen LogP contribution >= 0.6 is 15.9 Å². The lowest BCUT2D eigenvalue weighted by Crippen LogP contribution is -2.18. The first-order chi connectivity index (χ1) is 8.22. The van der Waals surface area contributed by atoms with E-state index in [1.165, 1.54) is 11.1 Å². The molecule has 0 saturated heterocycles. The fourth-order valence-corrected chi connectivity index (χ4v) is 2.08. The summed E-state index contributed by atoms with van der Waals surface area (Å²) in [6, 6.07) is 6.46. The Balaban J connectivity index is 2.39. The average Bonchev–Trinajstić information content (AvgIpc) is 2.36. The molecule has 1 atom stereocenters. The van der Waals surface area contributed by atoms with Crippen LogP contribution in [0, 0.1) is 6.92 Å². The van der Waals surface area contributed by atoms with Gasteiger partial charge in [-0.25, -0.2) is 9.97 Å². The molecule has 1 unspecified atom stereocenters. The van der Waals surface area contributed by atoms with Crippen LogP contribution in [-0.4, -0.2) is 17.0 Å². The second kappa shape index (κ2) is 5.38. The molecule has 0 fully saturated rings. The fraction of sp³-hybridized carbons (Fsp3) is 0.231. The van der Waals surface area contributed by atoms with Gasteiger partial charge in [-0.05, 0) is 31.2 Å². The number of aryl methyl sites for hydroxylation is 1. The van der Waals surface area contributed by atoms with Gasteiger partial charge in [-0.3, -0.25) is 0 Å². The van der Waals surface area contributed by atoms with E-state index in [-0.39, 0.29) is 6.04 Å². The summed E-state index contributed by atoms with van der Waals surface area (Å²) in [4.78, 5) is 8.12. The number of nitrogens with one attached hydrogen (secondary N) is 1. The molecule has 0 aliphatic rings. The van der Waals surface area contributed by atoms with Crippen LogP contribution in [0.3, 0.4) is 0 Å².